The average Bonchev–Trinajstić information content (AvgIpc) is 3.38. The average molecular weight is 337 g/mol. The molecule has 1 aliphatic heterocycles. The van der Waals surface area contributed by atoms with E-state index < -0.39 is 0 Å². The molecule has 1 amide bonds. The predicted molar refractivity (Wildman–Crippen MR) is 97.0 cm³/mol. The maximum Gasteiger partial charge on any atom is 0.220 e. The van der Waals surface area contributed by atoms with Gasteiger partial charge in [-0.1, -0.05) is 24.3 Å². The van der Waals surface area contributed by atoms with E-state index in [1.54, 1.807) is 0 Å². The minimum atomic E-state index is 0. The first kappa shape index (κ1) is 18.3. The lowest BCUT2D eigenvalue weighted by molar-refractivity contribution is -0.121. The zero-order chi connectivity index (χ0) is 15.2. The maximum atomic E-state index is 11.8. The number of hydrogen-bond donors (Lipinski definition) is 2. The molecule has 1 aromatic carbocycles. The fourth-order valence-electron chi connectivity index (χ4n) is 3.19. The molecule has 128 valence electrons. The molecule has 3 nitrogen and oxygen atoms in total. The Balaban J connectivity index is 0.00000192. The molecule has 3 rings (SSSR count). The largest absolute Gasteiger partial charge is 0.356 e. The minimum Gasteiger partial charge on any atom is -0.356 e. The zero-order valence-electron chi connectivity index (χ0n) is 13.9. The third-order valence-corrected chi connectivity index (χ3v) is 4.93. The van der Waals surface area contributed by atoms with E-state index >= 15 is 0 Å². The Labute approximate surface area is 146 Å². The molecule has 0 radical (unpaired) electrons. The first-order chi connectivity index (χ1) is 10.8. The molecule has 1 heterocycles. The summed E-state index contributed by atoms with van der Waals surface area (Å²) >= 11 is 0. The minimum absolute atomic E-state index is 0. The topological polar surface area (TPSA) is 41.1 Å². The Bertz CT molecular complexity index is 479. The SMILES string of the molecule is Cl.O=C(CCc1ccc(CC2CCNCC2)cc1)NCC1CC1. The fourth-order valence-corrected chi connectivity index (χ4v) is 3.19. The van der Waals surface area contributed by atoms with Crippen LogP contribution in [0.15, 0.2) is 24.3 Å². The summed E-state index contributed by atoms with van der Waals surface area (Å²) in [6.07, 6.45) is 7.83. The fraction of sp³-hybridized carbons (Fsp3) is 0.632. The first-order valence-electron chi connectivity index (χ1n) is 8.85. The summed E-state index contributed by atoms with van der Waals surface area (Å²) in [5.74, 6) is 1.80. The molecule has 2 fully saturated rings. The zero-order valence-corrected chi connectivity index (χ0v) is 14.7. The van der Waals surface area contributed by atoms with Crippen LogP contribution in [0.25, 0.3) is 0 Å². The molecule has 0 atom stereocenters. The predicted octanol–water partition coefficient (Wildman–Crippen LogP) is 3.11. The van der Waals surface area contributed by atoms with Gasteiger partial charge in [0.05, 0.1) is 0 Å². The van der Waals surface area contributed by atoms with E-state index in [-0.39, 0.29) is 18.3 Å². The number of piperidine rings is 1. The number of carbonyl (C=O) groups excluding carboxylic acids is 1. The summed E-state index contributed by atoms with van der Waals surface area (Å²) in [6.45, 7) is 3.21. The lowest BCUT2D eigenvalue weighted by Crippen LogP contribution is -2.28. The Morgan fingerprint density at radius 1 is 1.00 bits per heavy atom. The number of carbonyl (C=O) groups is 1. The van der Waals surface area contributed by atoms with Crippen LogP contribution in [0.1, 0.15) is 43.2 Å². The van der Waals surface area contributed by atoms with Crippen LogP contribution in [-0.2, 0) is 17.6 Å². The van der Waals surface area contributed by atoms with Gasteiger partial charge in [0.15, 0.2) is 0 Å². The van der Waals surface area contributed by atoms with E-state index in [2.05, 4.69) is 34.9 Å². The Kier molecular flexibility index (Phi) is 7.38. The highest BCUT2D eigenvalue weighted by Crippen LogP contribution is 2.27. The van der Waals surface area contributed by atoms with Gasteiger partial charge in [0.25, 0.3) is 0 Å². The Hall–Kier alpha value is -1.06. The summed E-state index contributed by atoms with van der Waals surface area (Å²) in [5.41, 5.74) is 2.71. The first-order valence-corrected chi connectivity index (χ1v) is 8.85. The standard InChI is InChI=1S/C19H28N2O.ClH/c22-19(21-14-18-5-6-18)8-7-15-1-3-16(4-2-15)13-17-9-11-20-12-10-17;/h1-4,17-18,20H,5-14H2,(H,21,22);1H. The Morgan fingerprint density at radius 3 is 2.30 bits per heavy atom. The van der Waals surface area contributed by atoms with Gasteiger partial charge in [-0.2, -0.15) is 0 Å². The highest BCUT2D eigenvalue weighted by Gasteiger charge is 2.21. The van der Waals surface area contributed by atoms with Gasteiger partial charge >= 0.3 is 0 Å². The third-order valence-electron chi connectivity index (χ3n) is 4.93. The van der Waals surface area contributed by atoms with Crippen LogP contribution in [0.5, 0.6) is 0 Å². The van der Waals surface area contributed by atoms with Crippen molar-refractivity contribution in [3.8, 4) is 0 Å². The van der Waals surface area contributed by atoms with Gasteiger partial charge in [0.2, 0.25) is 5.91 Å². The van der Waals surface area contributed by atoms with E-state index in [0.29, 0.717) is 6.42 Å². The monoisotopic (exact) mass is 336 g/mol. The van der Waals surface area contributed by atoms with Crippen LogP contribution in [0.4, 0.5) is 0 Å². The van der Waals surface area contributed by atoms with Gasteiger partial charge in [-0.3, -0.25) is 4.79 Å². The second-order valence-corrected chi connectivity index (χ2v) is 6.96. The summed E-state index contributed by atoms with van der Waals surface area (Å²) < 4.78 is 0. The number of aryl methyl sites for hydroxylation is 1. The molecule has 0 bridgehead atoms. The van der Waals surface area contributed by atoms with E-state index in [1.165, 1.54) is 56.3 Å². The molecule has 4 heteroatoms. The smallest absolute Gasteiger partial charge is 0.220 e. The molecule has 1 saturated heterocycles. The highest BCUT2D eigenvalue weighted by molar-refractivity contribution is 5.85. The molecule has 23 heavy (non-hydrogen) atoms. The van der Waals surface area contributed by atoms with Gasteiger partial charge in [-0.15, -0.1) is 12.4 Å². The molecule has 0 spiro atoms. The molecular formula is C19H29ClN2O. The molecule has 1 aliphatic carbocycles. The summed E-state index contributed by atoms with van der Waals surface area (Å²) in [4.78, 5) is 11.8. The molecule has 0 aromatic heterocycles. The van der Waals surface area contributed by atoms with E-state index in [9.17, 15) is 4.79 Å². The van der Waals surface area contributed by atoms with Crippen LogP contribution in [0.2, 0.25) is 0 Å². The third kappa shape index (κ3) is 6.52. The number of rotatable bonds is 7. The number of benzene rings is 1. The lowest BCUT2D eigenvalue weighted by Gasteiger charge is -2.22. The van der Waals surface area contributed by atoms with Crippen LogP contribution < -0.4 is 10.6 Å². The number of nitrogens with one attached hydrogen (secondary N) is 2. The van der Waals surface area contributed by atoms with E-state index in [4.69, 9.17) is 0 Å². The van der Waals surface area contributed by atoms with Crippen LogP contribution >= 0.6 is 12.4 Å². The van der Waals surface area contributed by atoms with Crippen LogP contribution in [-0.4, -0.2) is 25.5 Å². The van der Waals surface area contributed by atoms with Crippen LogP contribution in [0, 0.1) is 11.8 Å². The van der Waals surface area contributed by atoms with Gasteiger partial charge in [-0.05, 0) is 74.6 Å². The van der Waals surface area contributed by atoms with Crippen molar-refractivity contribution in [2.45, 2.75) is 44.9 Å². The maximum absolute atomic E-state index is 11.8. The molecule has 1 saturated carbocycles. The van der Waals surface area contributed by atoms with Gasteiger partial charge < -0.3 is 10.6 Å². The van der Waals surface area contributed by atoms with Crippen molar-refractivity contribution in [1.82, 2.24) is 10.6 Å². The number of amides is 1. The summed E-state index contributed by atoms with van der Waals surface area (Å²) in [7, 11) is 0. The van der Waals surface area contributed by atoms with E-state index in [1.807, 2.05) is 0 Å². The molecule has 2 N–H and O–H groups in total. The van der Waals surface area contributed by atoms with Crippen molar-refractivity contribution in [3.63, 3.8) is 0 Å². The van der Waals surface area contributed by atoms with Crippen LogP contribution in [0.3, 0.4) is 0 Å². The second-order valence-electron chi connectivity index (χ2n) is 6.96. The normalized spacial score (nSPS) is 18.3. The highest BCUT2D eigenvalue weighted by atomic mass is 35.5. The lowest BCUT2D eigenvalue weighted by atomic mass is 9.90. The van der Waals surface area contributed by atoms with Crippen molar-refractivity contribution in [2.75, 3.05) is 19.6 Å². The quantitative estimate of drug-likeness (QED) is 0.803. The number of hydrogen-bond acceptors (Lipinski definition) is 2. The second kappa shape index (κ2) is 9.29. The molecule has 1 aromatic rings. The molecule has 0 unspecified atom stereocenters. The molecule has 2 aliphatic rings. The van der Waals surface area contributed by atoms with Gasteiger partial charge in [0.1, 0.15) is 0 Å². The number of halogens is 1. The van der Waals surface area contributed by atoms with Gasteiger partial charge in [0, 0.05) is 13.0 Å². The van der Waals surface area contributed by atoms with Crippen molar-refractivity contribution < 1.29 is 4.79 Å². The van der Waals surface area contributed by atoms with E-state index in [0.717, 1.165) is 24.8 Å². The summed E-state index contributed by atoms with van der Waals surface area (Å²) in [5, 5.41) is 6.46. The van der Waals surface area contributed by atoms with Crippen molar-refractivity contribution in [3.05, 3.63) is 35.4 Å². The Morgan fingerprint density at radius 2 is 1.65 bits per heavy atom. The van der Waals surface area contributed by atoms with Gasteiger partial charge in [-0.25, -0.2) is 0 Å². The summed E-state index contributed by atoms with van der Waals surface area (Å²) in [6, 6.07) is 8.90. The molecular weight excluding hydrogens is 308 g/mol. The van der Waals surface area contributed by atoms with Crippen molar-refractivity contribution >= 4 is 18.3 Å². The van der Waals surface area contributed by atoms with Crippen molar-refractivity contribution in [2.24, 2.45) is 11.8 Å². The van der Waals surface area contributed by atoms with Crippen molar-refractivity contribution in [1.29, 1.82) is 0 Å².